The molecule has 184 valence electrons. The summed E-state index contributed by atoms with van der Waals surface area (Å²) < 4.78 is 20.1. The molecule has 1 saturated heterocycles. The Labute approximate surface area is 206 Å². The summed E-state index contributed by atoms with van der Waals surface area (Å²) in [7, 11) is 0. The fraction of sp³-hybridized carbons (Fsp3) is 0.455. The number of aromatic nitrogens is 6. The van der Waals surface area contributed by atoms with Crippen molar-refractivity contribution in [3.63, 3.8) is 0 Å². The lowest BCUT2D eigenvalue weighted by atomic mass is 10.1. The second-order valence-corrected chi connectivity index (χ2v) is 7.53. The molecular formula is C22H29BrFN7O3. The van der Waals surface area contributed by atoms with Crippen LogP contribution in [0.1, 0.15) is 40.5 Å². The van der Waals surface area contributed by atoms with Crippen LogP contribution in [0.3, 0.4) is 0 Å². The van der Waals surface area contributed by atoms with Crippen molar-refractivity contribution in [2.75, 3.05) is 18.0 Å². The van der Waals surface area contributed by atoms with Gasteiger partial charge in [0.1, 0.15) is 29.2 Å². The zero-order valence-electron chi connectivity index (χ0n) is 19.6. The van der Waals surface area contributed by atoms with Crippen molar-refractivity contribution in [3.05, 3.63) is 40.9 Å². The van der Waals surface area contributed by atoms with Gasteiger partial charge in [-0.3, -0.25) is 4.79 Å². The number of piperidine rings is 1. The number of tetrazole rings is 1. The molecular weight excluding hydrogens is 509 g/mol. The number of hydrogen-bond acceptors (Lipinski definition) is 8. The number of nitrogens with zero attached hydrogens (tertiary/aromatic N) is 7. The fourth-order valence-electron chi connectivity index (χ4n) is 3.08. The van der Waals surface area contributed by atoms with Crippen LogP contribution in [0.4, 0.5) is 10.2 Å². The van der Waals surface area contributed by atoms with Crippen molar-refractivity contribution in [2.45, 2.75) is 53.2 Å². The highest BCUT2D eigenvalue weighted by Gasteiger charge is 2.23. The quantitative estimate of drug-likeness (QED) is 0.492. The first-order chi connectivity index (χ1) is 16.5. The highest BCUT2D eigenvalue weighted by molar-refractivity contribution is 9.10. The first kappa shape index (κ1) is 27.1. The molecule has 0 bridgehead atoms. The molecule has 2 aromatic heterocycles. The van der Waals surface area contributed by atoms with Gasteiger partial charge >= 0.3 is 5.97 Å². The lowest BCUT2D eigenvalue weighted by Gasteiger charge is -2.32. The SMILES string of the molecule is CC.CC.O=C(O)Cn1nnc(-c2cnc(N3CCC(Oc4cc(F)ccc4Br)CC3)cn2)n1. The maximum absolute atomic E-state index is 13.4. The molecule has 0 saturated carbocycles. The molecule has 0 aliphatic carbocycles. The molecule has 3 aromatic rings. The maximum Gasteiger partial charge on any atom is 0.327 e. The number of rotatable bonds is 6. The lowest BCUT2D eigenvalue weighted by molar-refractivity contribution is -0.138. The summed E-state index contributed by atoms with van der Waals surface area (Å²) >= 11 is 3.38. The van der Waals surface area contributed by atoms with Gasteiger partial charge in [0.25, 0.3) is 0 Å². The van der Waals surface area contributed by atoms with Gasteiger partial charge in [-0.1, -0.05) is 27.7 Å². The first-order valence-electron chi connectivity index (χ1n) is 11.2. The third-order valence-electron chi connectivity index (χ3n) is 4.55. The second kappa shape index (κ2) is 13.5. The lowest BCUT2D eigenvalue weighted by Crippen LogP contribution is -2.38. The number of anilines is 1. The smallest absolute Gasteiger partial charge is 0.327 e. The van der Waals surface area contributed by atoms with Crippen LogP contribution in [-0.4, -0.2) is 60.4 Å². The average Bonchev–Trinajstić information content (AvgIpc) is 3.32. The van der Waals surface area contributed by atoms with Gasteiger partial charge < -0.3 is 14.7 Å². The Hall–Kier alpha value is -3.15. The Kier molecular flexibility index (Phi) is 10.8. The summed E-state index contributed by atoms with van der Waals surface area (Å²) in [6.45, 7) is 9.07. The highest BCUT2D eigenvalue weighted by atomic mass is 79.9. The number of carbonyl (C=O) groups is 1. The molecule has 12 heteroatoms. The van der Waals surface area contributed by atoms with E-state index >= 15 is 0 Å². The number of ether oxygens (including phenoxy) is 1. The molecule has 1 aromatic carbocycles. The summed E-state index contributed by atoms with van der Waals surface area (Å²) in [5.41, 5.74) is 0.407. The minimum Gasteiger partial charge on any atom is -0.489 e. The van der Waals surface area contributed by atoms with Crippen LogP contribution in [-0.2, 0) is 11.3 Å². The molecule has 1 fully saturated rings. The average molecular weight is 538 g/mol. The predicted octanol–water partition coefficient (Wildman–Crippen LogP) is 4.22. The maximum atomic E-state index is 13.4. The van der Waals surface area contributed by atoms with Crippen LogP contribution >= 0.6 is 15.9 Å². The predicted molar refractivity (Wildman–Crippen MR) is 129 cm³/mol. The minimum absolute atomic E-state index is 0.0138. The number of benzene rings is 1. The molecule has 34 heavy (non-hydrogen) atoms. The zero-order chi connectivity index (χ0) is 25.1. The van der Waals surface area contributed by atoms with Crippen LogP contribution in [0.15, 0.2) is 35.1 Å². The zero-order valence-corrected chi connectivity index (χ0v) is 21.2. The van der Waals surface area contributed by atoms with Crippen molar-refractivity contribution in [3.8, 4) is 17.3 Å². The normalized spacial score (nSPS) is 13.3. The van der Waals surface area contributed by atoms with E-state index in [9.17, 15) is 9.18 Å². The molecule has 0 atom stereocenters. The number of carboxylic acids is 1. The Morgan fingerprint density at radius 3 is 2.50 bits per heavy atom. The molecule has 3 heterocycles. The monoisotopic (exact) mass is 537 g/mol. The second-order valence-electron chi connectivity index (χ2n) is 6.68. The topological polar surface area (TPSA) is 119 Å². The third-order valence-corrected chi connectivity index (χ3v) is 5.20. The van der Waals surface area contributed by atoms with Gasteiger partial charge in [-0.25, -0.2) is 14.4 Å². The molecule has 4 rings (SSSR count). The fourth-order valence-corrected chi connectivity index (χ4v) is 3.42. The number of hydrogen-bond donors (Lipinski definition) is 1. The summed E-state index contributed by atoms with van der Waals surface area (Å²) in [5.74, 6) is 0.0298. The van der Waals surface area contributed by atoms with Crippen LogP contribution in [0.25, 0.3) is 11.5 Å². The Morgan fingerprint density at radius 2 is 1.88 bits per heavy atom. The van der Waals surface area contributed by atoms with E-state index in [1.165, 1.54) is 18.3 Å². The van der Waals surface area contributed by atoms with E-state index in [0.29, 0.717) is 17.3 Å². The molecule has 0 radical (unpaired) electrons. The Morgan fingerprint density at radius 1 is 1.18 bits per heavy atom. The van der Waals surface area contributed by atoms with E-state index in [4.69, 9.17) is 9.84 Å². The van der Waals surface area contributed by atoms with Gasteiger partial charge in [0.2, 0.25) is 5.82 Å². The van der Waals surface area contributed by atoms with Crippen LogP contribution < -0.4 is 9.64 Å². The molecule has 1 N–H and O–H groups in total. The van der Waals surface area contributed by atoms with Crippen molar-refractivity contribution < 1.29 is 19.0 Å². The van der Waals surface area contributed by atoms with E-state index in [2.05, 4.69) is 46.2 Å². The van der Waals surface area contributed by atoms with Crippen LogP contribution in [0.5, 0.6) is 5.75 Å². The van der Waals surface area contributed by atoms with Gasteiger partial charge in [0.05, 0.1) is 16.9 Å². The molecule has 1 aliphatic heterocycles. The van der Waals surface area contributed by atoms with E-state index in [0.717, 1.165) is 35.2 Å². The largest absolute Gasteiger partial charge is 0.489 e. The summed E-state index contributed by atoms with van der Waals surface area (Å²) in [6, 6.07) is 4.39. The Bertz CT molecular complexity index is 1040. The number of carboxylic acid groups (broad SMARTS) is 1. The molecule has 10 nitrogen and oxygen atoms in total. The standard InChI is InChI=1S/C18H17BrFN7O3.2C2H6/c19-13-2-1-11(20)7-15(13)30-12-3-5-26(6-4-12)16-9-21-14(8-22-16)18-23-25-27(24-18)10-17(28)29;2*1-2/h1-2,7-9,12H,3-6,10H2,(H,28,29);2*1-2H3. The highest BCUT2D eigenvalue weighted by Crippen LogP contribution is 2.29. The first-order valence-corrected chi connectivity index (χ1v) is 12.0. The van der Waals surface area contributed by atoms with E-state index < -0.39 is 5.97 Å². The summed E-state index contributed by atoms with van der Waals surface area (Å²) in [6.07, 6.45) is 4.66. The van der Waals surface area contributed by atoms with E-state index in [1.54, 1.807) is 12.3 Å². The molecule has 1 aliphatic rings. The summed E-state index contributed by atoms with van der Waals surface area (Å²) in [4.78, 5) is 22.5. The number of halogens is 2. The molecule has 0 unspecified atom stereocenters. The molecule has 0 amide bonds. The van der Waals surface area contributed by atoms with Gasteiger partial charge in [-0.15, -0.1) is 10.2 Å². The molecule has 0 spiro atoms. The van der Waals surface area contributed by atoms with Gasteiger partial charge in [0, 0.05) is 32.0 Å². The van der Waals surface area contributed by atoms with Crippen molar-refractivity contribution >= 4 is 27.7 Å². The van der Waals surface area contributed by atoms with Gasteiger partial charge in [0.15, 0.2) is 6.54 Å². The summed E-state index contributed by atoms with van der Waals surface area (Å²) in [5, 5.41) is 20.2. The van der Waals surface area contributed by atoms with Crippen LogP contribution in [0, 0.1) is 5.82 Å². The van der Waals surface area contributed by atoms with Gasteiger partial charge in [-0.05, 0) is 33.3 Å². The van der Waals surface area contributed by atoms with Crippen molar-refractivity contribution in [1.82, 2.24) is 30.2 Å². The number of aliphatic carboxylic acids is 1. The third kappa shape index (κ3) is 7.44. The Balaban J connectivity index is 0.000000970. The minimum atomic E-state index is -1.06. The van der Waals surface area contributed by atoms with E-state index in [-0.39, 0.29) is 24.3 Å². The van der Waals surface area contributed by atoms with Gasteiger partial charge in [-0.2, -0.15) is 4.80 Å². The van der Waals surface area contributed by atoms with Crippen molar-refractivity contribution in [1.29, 1.82) is 0 Å². The van der Waals surface area contributed by atoms with Crippen LogP contribution in [0.2, 0.25) is 0 Å². The van der Waals surface area contributed by atoms with E-state index in [1.807, 2.05) is 27.7 Å². The van der Waals surface area contributed by atoms with Crippen molar-refractivity contribution in [2.24, 2.45) is 0 Å².